The van der Waals surface area contributed by atoms with Gasteiger partial charge in [-0.15, -0.1) is 0 Å². The molecule has 0 spiro atoms. The van der Waals surface area contributed by atoms with Gasteiger partial charge in [-0.05, 0) is 18.9 Å². The number of anilines is 1. The monoisotopic (exact) mass is 357 g/mol. The lowest BCUT2D eigenvalue weighted by Gasteiger charge is -2.16. The van der Waals surface area contributed by atoms with Gasteiger partial charge in [0.1, 0.15) is 5.76 Å². The third-order valence-corrected chi connectivity index (χ3v) is 3.95. The van der Waals surface area contributed by atoms with Crippen LogP contribution in [0.2, 0.25) is 0 Å². The van der Waals surface area contributed by atoms with Crippen molar-refractivity contribution >= 4 is 23.4 Å². The van der Waals surface area contributed by atoms with Gasteiger partial charge in [0, 0.05) is 31.5 Å². The fourth-order valence-corrected chi connectivity index (χ4v) is 2.39. The summed E-state index contributed by atoms with van der Waals surface area (Å²) in [5, 5.41) is 6.20. The van der Waals surface area contributed by atoms with E-state index < -0.39 is 0 Å². The molecule has 2 amide bonds. The van der Waals surface area contributed by atoms with E-state index in [0.717, 1.165) is 12.0 Å². The molecule has 1 aromatic heterocycles. The zero-order valence-corrected chi connectivity index (χ0v) is 15.2. The van der Waals surface area contributed by atoms with Gasteiger partial charge in [0.05, 0.1) is 6.54 Å². The van der Waals surface area contributed by atoms with E-state index in [2.05, 4.69) is 10.5 Å². The van der Waals surface area contributed by atoms with Gasteiger partial charge in [-0.25, -0.2) is 0 Å². The van der Waals surface area contributed by atoms with Gasteiger partial charge in [0.2, 0.25) is 11.8 Å². The molecule has 0 bridgehead atoms. The van der Waals surface area contributed by atoms with Crippen LogP contribution in [-0.2, 0) is 16.0 Å². The first-order chi connectivity index (χ1) is 12.4. The van der Waals surface area contributed by atoms with Gasteiger partial charge in [0.25, 0.3) is 0 Å². The first-order valence-corrected chi connectivity index (χ1v) is 8.48. The van der Waals surface area contributed by atoms with E-state index in [4.69, 9.17) is 4.52 Å². The number of likely N-dealkylation sites (N-methyl/N-ethyl adjacent to an activating group) is 1. The number of Topliss-reactive ketones (excluding diaryl/α,β-unsaturated/α-hetero) is 1. The Morgan fingerprint density at radius 2 is 1.85 bits per heavy atom. The zero-order valence-electron chi connectivity index (χ0n) is 15.2. The molecular weight excluding hydrogens is 334 g/mol. The van der Waals surface area contributed by atoms with Crippen molar-refractivity contribution in [2.75, 3.05) is 18.9 Å². The molecule has 2 rings (SSSR count). The van der Waals surface area contributed by atoms with Crippen molar-refractivity contribution in [2.45, 2.75) is 33.1 Å². The lowest BCUT2D eigenvalue weighted by Crippen LogP contribution is -2.35. The summed E-state index contributed by atoms with van der Waals surface area (Å²) in [5.74, 6) is 0.150. The highest BCUT2D eigenvalue weighted by molar-refractivity contribution is 5.98. The molecule has 0 atom stereocenters. The number of aromatic nitrogens is 1. The van der Waals surface area contributed by atoms with Crippen LogP contribution in [0.15, 0.2) is 34.9 Å². The SMILES string of the molecule is CCc1ccc(C(=O)CCC(=O)N(C)CC(=O)Nc2cc(C)on2)cc1. The number of hydrogen-bond donors (Lipinski definition) is 1. The van der Waals surface area contributed by atoms with E-state index in [0.29, 0.717) is 17.1 Å². The van der Waals surface area contributed by atoms with E-state index >= 15 is 0 Å². The number of carbonyl (C=O) groups is 3. The molecule has 0 aliphatic carbocycles. The third kappa shape index (κ3) is 5.54. The first kappa shape index (κ1) is 19.4. The van der Waals surface area contributed by atoms with Gasteiger partial charge in [-0.3, -0.25) is 14.4 Å². The molecule has 1 aromatic carbocycles. The Balaban J connectivity index is 1.78. The van der Waals surface area contributed by atoms with Crippen LogP contribution in [0.4, 0.5) is 5.82 Å². The molecule has 138 valence electrons. The molecule has 0 radical (unpaired) electrons. The van der Waals surface area contributed by atoms with E-state index in [1.165, 1.54) is 11.9 Å². The number of benzene rings is 1. The number of nitrogens with zero attached hydrogens (tertiary/aromatic N) is 2. The first-order valence-electron chi connectivity index (χ1n) is 8.48. The highest BCUT2D eigenvalue weighted by Gasteiger charge is 2.16. The summed E-state index contributed by atoms with van der Waals surface area (Å²) in [7, 11) is 1.52. The Morgan fingerprint density at radius 1 is 1.15 bits per heavy atom. The number of aryl methyl sites for hydroxylation is 2. The van der Waals surface area contributed by atoms with Crippen molar-refractivity contribution in [2.24, 2.45) is 0 Å². The molecule has 0 saturated heterocycles. The smallest absolute Gasteiger partial charge is 0.245 e. The molecule has 0 saturated carbocycles. The summed E-state index contributed by atoms with van der Waals surface area (Å²) >= 11 is 0. The lowest BCUT2D eigenvalue weighted by molar-refractivity contribution is -0.133. The van der Waals surface area contributed by atoms with E-state index in [9.17, 15) is 14.4 Å². The van der Waals surface area contributed by atoms with Crippen LogP contribution in [0.1, 0.15) is 41.4 Å². The Labute approximate surface area is 152 Å². The number of carbonyl (C=O) groups excluding carboxylic acids is 3. The Morgan fingerprint density at radius 3 is 2.42 bits per heavy atom. The number of amides is 2. The van der Waals surface area contributed by atoms with Crippen LogP contribution in [0.25, 0.3) is 0 Å². The fraction of sp³-hybridized carbons (Fsp3) is 0.368. The third-order valence-electron chi connectivity index (χ3n) is 3.95. The number of nitrogens with one attached hydrogen (secondary N) is 1. The molecule has 0 aliphatic heterocycles. The van der Waals surface area contributed by atoms with Gasteiger partial charge < -0.3 is 14.7 Å². The maximum Gasteiger partial charge on any atom is 0.245 e. The number of rotatable bonds is 8. The minimum absolute atomic E-state index is 0.0568. The highest BCUT2D eigenvalue weighted by atomic mass is 16.5. The fourth-order valence-electron chi connectivity index (χ4n) is 2.39. The van der Waals surface area contributed by atoms with Crippen LogP contribution >= 0.6 is 0 Å². The Bertz CT molecular complexity index is 780. The summed E-state index contributed by atoms with van der Waals surface area (Å²) in [4.78, 5) is 37.5. The van der Waals surface area contributed by atoms with Gasteiger partial charge in [-0.2, -0.15) is 0 Å². The van der Waals surface area contributed by atoms with Crippen molar-refractivity contribution in [1.82, 2.24) is 10.1 Å². The number of hydrogen-bond acceptors (Lipinski definition) is 5. The van der Waals surface area contributed by atoms with E-state index in [-0.39, 0.29) is 37.0 Å². The van der Waals surface area contributed by atoms with Crippen molar-refractivity contribution in [3.63, 3.8) is 0 Å². The molecule has 26 heavy (non-hydrogen) atoms. The van der Waals surface area contributed by atoms with Gasteiger partial charge in [-0.1, -0.05) is 36.3 Å². The molecular formula is C19H23N3O4. The van der Waals surface area contributed by atoms with Crippen molar-refractivity contribution in [3.05, 3.63) is 47.2 Å². The summed E-state index contributed by atoms with van der Waals surface area (Å²) in [6, 6.07) is 8.97. The Kier molecular flexibility index (Phi) is 6.66. The van der Waals surface area contributed by atoms with E-state index in [1.807, 2.05) is 19.1 Å². The molecule has 0 aliphatic rings. The average Bonchev–Trinajstić information content (AvgIpc) is 3.03. The highest BCUT2D eigenvalue weighted by Crippen LogP contribution is 2.10. The van der Waals surface area contributed by atoms with Crippen LogP contribution < -0.4 is 5.32 Å². The van der Waals surface area contributed by atoms with Crippen LogP contribution in [0.3, 0.4) is 0 Å². The lowest BCUT2D eigenvalue weighted by atomic mass is 10.0. The molecule has 1 N–H and O–H groups in total. The summed E-state index contributed by atoms with van der Waals surface area (Å²) in [5.41, 5.74) is 1.75. The topological polar surface area (TPSA) is 92.5 Å². The normalized spacial score (nSPS) is 10.4. The molecule has 2 aromatic rings. The second kappa shape index (κ2) is 8.94. The standard InChI is InChI=1S/C19H23N3O4/c1-4-14-5-7-15(8-6-14)16(23)9-10-19(25)22(3)12-18(24)20-17-11-13(2)26-21-17/h5-8,11H,4,9-10,12H2,1-3H3,(H,20,21,24). The molecule has 7 nitrogen and oxygen atoms in total. The van der Waals surface area contributed by atoms with Crippen molar-refractivity contribution in [1.29, 1.82) is 0 Å². The van der Waals surface area contributed by atoms with Crippen LogP contribution in [-0.4, -0.2) is 41.2 Å². The second-order valence-electron chi connectivity index (χ2n) is 6.09. The van der Waals surface area contributed by atoms with Gasteiger partial charge in [0.15, 0.2) is 11.6 Å². The van der Waals surface area contributed by atoms with Crippen molar-refractivity contribution < 1.29 is 18.9 Å². The largest absolute Gasteiger partial charge is 0.360 e. The molecule has 0 fully saturated rings. The van der Waals surface area contributed by atoms with Crippen molar-refractivity contribution in [3.8, 4) is 0 Å². The molecule has 0 unspecified atom stereocenters. The maximum atomic E-state index is 12.2. The molecule has 1 heterocycles. The average molecular weight is 357 g/mol. The van der Waals surface area contributed by atoms with Gasteiger partial charge >= 0.3 is 0 Å². The number of ketones is 1. The summed E-state index contributed by atoms with van der Waals surface area (Å²) < 4.78 is 4.86. The van der Waals surface area contributed by atoms with Crippen LogP contribution in [0, 0.1) is 6.92 Å². The minimum Gasteiger partial charge on any atom is -0.360 e. The minimum atomic E-state index is -0.379. The van der Waals surface area contributed by atoms with E-state index in [1.54, 1.807) is 25.1 Å². The second-order valence-corrected chi connectivity index (χ2v) is 6.09. The van der Waals surface area contributed by atoms with Crippen LogP contribution in [0.5, 0.6) is 0 Å². The zero-order chi connectivity index (χ0) is 19.1. The summed E-state index contributed by atoms with van der Waals surface area (Å²) in [6.07, 6.45) is 1.08. The quantitative estimate of drug-likeness (QED) is 0.733. The summed E-state index contributed by atoms with van der Waals surface area (Å²) in [6.45, 7) is 3.64. The Hall–Kier alpha value is -2.96. The molecule has 7 heteroatoms. The maximum absolute atomic E-state index is 12.2. The predicted octanol–water partition coefficient (Wildman–Crippen LogP) is 2.61. The predicted molar refractivity (Wildman–Crippen MR) is 96.9 cm³/mol.